The molecule has 1 aromatic carbocycles. The van der Waals surface area contributed by atoms with E-state index in [0.29, 0.717) is 31.2 Å². The number of hydrogen-bond acceptors (Lipinski definition) is 3. The molecule has 0 amide bonds. The average Bonchev–Trinajstić information content (AvgIpc) is 2.53. The molecule has 0 aliphatic carbocycles. The highest BCUT2D eigenvalue weighted by Gasteiger charge is 2.16. The standard InChI is InChI=1S/C13H12N2O2/c16-9-5-6-12-14-11-4-2-1-3-10(11)13(17)15(12)8-7-9/h1-4H,5-8H2. The maximum Gasteiger partial charge on any atom is 0.261 e. The lowest BCUT2D eigenvalue weighted by Gasteiger charge is -2.09. The van der Waals surface area contributed by atoms with Gasteiger partial charge in [0.15, 0.2) is 0 Å². The summed E-state index contributed by atoms with van der Waals surface area (Å²) in [5.41, 5.74) is 0.693. The Balaban J connectivity index is 2.29. The summed E-state index contributed by atoms with van der Waals surface area (Å²) in [6, 6.07) is 7.32. The molecule has 0 N–H and O–H groups in total. The van der Waals surface area contributed by atoms with Gasteiger partial charge in [0.1, 0.15) is 11.6 Å². The molecular formula is C13H12N2O2. The van der Waals surface area contributed by atoms with Crippen molar-refractivity contribution in [1.29, 1.82) is 0 Å². The van der Waals surface area contributed by atoms with E-state index in [0.717, 1.165) is 11.3 Å². The van der Waals surface area contributed by atoms with Crippen LogP contribution in [0.4, 0.5) is 0 Å². The number of ketones is 1. The Bertz CT molecular complexity index is 658. The molecule has 1 aliphatic rings. The minimum absolute atomic E-state index is 0.0275. The Morgan fingerprint density at radius 1 is 1.06 bits per heavy atom. The van der Waals surface area contributed by atoms with Crippen LogP contribution in [-0.2, 0) is 17.8 Å². The number of nitrogens with zero attached hydrogens (tertiary/aromatic N) is 2. The van der Waals surface area contributed by atoms with E-state index in [1.807, 2.05) is 18.2 Å². The molecular weight excluding hydrogens is 216 g/mol. The van der Waals surface area contributed by atoms with Gasteiger partial charge in [-0.25, -0.2) is 4.98 Å². The average molecular weight is 228 g/mol. The lowest BCUT2D eigenvalue weighted by molar-refractivity contribution is -0.119. The van der Waals surface area contributed by atoms with Crippen molar-refractivity contribution in [1.82, 2.24) is 9.55 Å². The topological polar surface area (TPSA) is 52.0 Å². The zero-order valence-corrected chi connectivity index (χ0v) is 9.35. The largest absolute Gasteiger partial charge is 0.300 e. The van der Waals surface area contributed by atoms with Crippen molar-refractivity contribution in [2.75, 3.05) is 0 Å². The van der Waals surface area contributed by atoms with Crippen molar-refractivity contribution in [3.63, 3.8) is 0 Å². The summed E-state index contributed by atoms with van der Waals surface area (Å²) in [5.74, 6) is 0.943. The van der Waals surface area contributed by atoms with Crippen LogP contribution in [0, 0.1) is 0 Å². The number of para-hydroxylation sites is 1. The lowest BCUT2D eigenvalue weighted by atomic mass is 10.2. The highest BCUT2D eigenvalue weighted by atomic mass is 16.1. The van der Waals surface area contributed by atoms with Gasteiger partial charge in [-0.3, -0.25) is 14.2 Å². The SMILES string of the molecule is O=C1CCc2nc3ccccc3c(=O)n2CC1. The summed E-state index contributed by atoms with van der Waals surface area (Å²) in [5, 5.41) is 0.630. The van der Waals surface area contributed by atoms with E-state index in [1.54, 1.807) is 10.6 Å². The van der Waals surface area contributed by atoms with E-state index >= 15 is 0 Å². The molecule has 1 aromatic heterocycles. The fourth-order valence-electron chi connectivity index (χ4n) is 2.25. The van der Waals surface area contributed by atoms with Crippen LogP contribution in [0.15, 0.2) is 29.1 Å². The number of aryl methyl sites for hydroxylation is 1. The molecule has 3 rings (SSSR count). The third kappa shape index (κ3) is 1.65. The maximum atomic E-state index is 12.2. The Morgan fingerprint density at radius 3 is 2.76 bits per heavy atom. The Hall–Kier alpha value is -1.97. The normalized spacial score (nSPS) is 15.6. The second-order valence-corrected chi connectivity index (χ2v) is 4.29. The third-order valence-corrected chi connectivity index (χ3v) is 3.18. The lowest BCUT2D eigenvalue weighted by Crippen LogP contribution is -2.24. The fourth-order valence-corrected chi connectivity index (χ4v) is 2.25. The Morgan fingerprint density at radius 2 is 1.88 bits per heavy atom. The first-order valence-corrected chi connectivity index (χ1v) is 5.76. The first kappa shape index (κ1) is 10.2. The van der Waals surface area contributed by atoms with Crippen molar-refractivity contribution in [2.45, 2.75) is 25.8 Å². The van der Waals surface area contributed by atoms with Crippen molar-refractivity contribution >= 4 is 16.7 Å². The van der Waals surface area contributed by atoms with Gasteiger partial charge in [-0.1, -0.05) is 12.1 Å². The van der Waals surface area contributed by atoms with Gasteiger partial charge < -0.3 is 0 Å². The van der Waals surface area contributed by atoms with Gasteiger partial charge >= 0.3 is 0 Å². The van der Waals surface area contributed by atoms with Gasteiger partial charge in [-0.15, -0.1) is 0 Å². The van der Waals surface area contributed by atoms with Crippen LogP contribution < -0.4 is 5.56 Å². The van der Waals surface area contributed by atoms with Crippen LogP contribution in [0.1, 0.15) is 18.7 Å². The fraction of sp³-hybridized carbons (Fsp3) is 0.308. The van der Waals surface area contributed by atoms with E-state index in [4.69, 9.17) is 0 Å². The summed E-state index contributed by atoms with van der Waals surface area (Å²) < 4.78 is 1.65. The highest BCUT2D eigenvalue weighted by Crippen LogP contribution is 2.12. The van der Waals surface area contributed by atoms with Gasteiger partial charge in [0, 0.05) is 25.8 Å². The van der Waals surface area contributed by atoms with Crippen LogP contribution in [-0.4, -0.2) is 15.3 Å². The molecule has 0 saturated heterocycles. The molecule has 4 nitrogen and oxygen atoms in total. The van der Waals surface area contributed by atoms with Gasteiger partial charge in [-0.2, -0.15) is 0 Å². The van der Waals surface area contributed by atoms with Crippen molar-refractivity contribution in [3.05, 3.63) is 40.4 Å². The molecule has 1 aliphatic heterocycles. The van der Waals surface area contributed by atoms with Gasteiger partial charge in [0.25, 0.3) is 5.56 Å². The van der Waals surface area contributed by atoms with Gasteiger partial charge in [0.2, 0.25) is 0 Å². The predicted octanol–water partition coefficient (Wildman–Crippen LogP) is 1.30. The molecule has 86 valence electrons. The van der Waals surface area contributed by atoms with E-state index in [1.165, 1.54) is 0 Å². The minimum Gasteiger partial charge on any atom is -0.300 e. The van der Waals surface area contributed by atoms with E-state index in [-0.39, 0.29) is 11.3 Å². The molecule has 4 heteroatoms. The zero-order chi connectivity index (χ0) is 11.8. The van der Waals surface area contributed by atoms with Crippen LogP contribution in [0.25, 0.3) is 10.9 Å². The molecule has 2 aromatic rings. The number of carbonyl (C=O) groups excluding carboxylic acids is 1. The molecule has 0 spiro atoms. The van der Waals surface area contributed by atoms with Crippen molar-refractivity contribution in [3.8, 4) is 0 Å². The molecule has 0 atom stereocenters. The zero-order valence-electron chi connectivity index (χ0n) is 9.35. The van der Waals surface area contributed by atoms with Gasteiger partial charge in [-0.05, 0) is 12.1 Å². The van der Waals surface area contributed by atoms with Crippen molar-refractivity contribution < 1.29 is 4.79 Å². The number of fused-ring (bicyclic) bond motifs is 2. The molecule has 0 saturated carbocycles. The quantitative estimate of drug-likeness (QED) is 0.683. The van der Waals surface area contributed by atoms with E-state index in [9.17, 15) is 9.59 Å². The first-order valence-electron chi connectivity index (χ1n) is 5.76. The Kier molecular flexibility index (Phi) is 2.28. The van der Waals surface area contributed by atoms with Crippen molar-refractivity contribution in [2.24, 2.45) is 0 Å². The molecule has 17 heavy (non-hydrogen) atoms. The summed E-state index contributed by atoms with van der Waals surface area (Å²) in [7, 11) is 0. The van der Waals surface area contributed by atoms with Crippen LogP contribution in [0.2, 0.25) is 0 Å². The second-order valence-electron chi connectivity index (χ2n) is 4.29. The smallest absolute Gasteiger partial charge is 0.261 e. The molecule has 0 unspecified atom stereocenters. The van der Waals surface area contributed by atoms with Gasteiger partial charge in [0.05, 0.1) is 10.9 Å². The highest BCUT2D eigenvalue weighted by molar-refractivity contribution is 5.80. The number of benzene rings is 1. The predicted molar refractivity (Wildman–Crippen MR) is 63.9 cm³/mol. The number of carbonyl (C=O) groups is 1. The minimum atomic E-state index is -0.0275. The first-order chi connectivity index (χ1) is 8.25. The summed E-state index contributed by atoms with van der Waals surface area (Å²) in [4.78, 5) is 28.1. The summed E-state index contributed by atoms with van der Waals surface area (Å²) >= 11 is 0. The number of hydrogen-bond donors (Lipinski definition) is 0. The number of aromatic nitrogens is 2. The van der Waals surface area contributed by atoms with Crippen LogP contribution in [0.5, 0.6) is 0 Å². The monoisotopic (exact) mass is 228 g/mol. The Labute approximate surface area is 97.9 Å². The molecule has 2 heterocycles. The summed E-state index contributed by atoms with van der Waals surface area (Å²) in [6.07, 6.45) is 1.50. The third-order valence-electron chi connectivity index (χ3n) is 3.18. The molecule has 0 fully saturated rings. The number of Topliss-reactive ketones (excluding diaryl/α,β-unsaturated/α-hetero) is 1. The number of rotatable bonds is 0. The summed E-state index contributed by atoms with van der Waals surface area (Å²) in [6.45, 7) is 0.463. The molecule has 0 radical (unpaired) electrons. The maximum absolute atomic E-state index is 12.2. The van der Waals surface area contributed by atoms with E-state index in [2.05, 4.69) is 4.98 Å². The van der Waals surface area contributed by atoms with Crippen LogP contribution in [0.3, 0.4) is 0 Å². The molecule has 0 bridgehead atoms. The van der Waals surface area contributed by atoms with Crippen LogP contribution >= 0.6 is 0 Å². The van der Waals surface area contributed by atoms with E-state index < -0.39 is 0 Å². The second kappa shape index (κ2) is 3.80.